The Morgan fingerprint density at radius 1 is 0.846 bits per heavy atom. The molecule has 1 saturated heterocycles. The number of fused-ring (bicyclic) bond motifs is 1. The van der Waals surface area contributed by atoms with Gasteiger partial charge in [0, 0.05) is 44.0 Å². The SMILES string of the molecule is CC(CN1CCN(CCOC(c2ccc(F)cc2)c2ccc(F)cc2)CC1)C(O)c1csc2ccccc12.Cl. The summed E-state index contributed by atoms with van der Waals surface area (Å²) in [7, 11) is 0. The summed E-state index contributed by atoms with van der Waals surface area (Å²) in [5, 5.41) is 14.3. The predicted octanol–water partition coefficient (Wildman–Crippen LogP) is 6.69. The van der Waals surface area contributed by atoms with Gasteiger partial charge in [0.25, 0.3) is 0 Å². The molecule has 0 bridgehead atoms. The summed E-state index contributed by atoms with van der Waals surface area (Å²) >= 11 is 1.69. The first-order valence-electron chi connectivity index (χ1n) is 13.2. The highest BCUT2D eigenvalue weighted by molar-refractivity contribution is 7.17. The largest absolute Gasteiger partial charge is 0.388 e. The molecular weight excluding hydrogens is 538 g/mol. The van der Waals surface area contributed by atoms with Gasteiger partial charge in [-0.3, -0.25) is 4.90 Å². The van der Waals surface area contributed by atoms with Crippen LogP contribution in [0.15, 0.2) is 78.2 Å². The lowest BCUT2D eigenvalue weighted by atomic mass is 9.96. The van der Waals surface area contributed by atoms with Crippen molar-refractivity contribution >= 4 is 33.8 Å². The third-order valence-corrected chi connectivity index (χ3v) is 8.40. The molecule has 1 fully saturated rings. The van der Waals surface area contributed by atoms with E-state index >= 15 is 0 Å². The van der Waals surface area contributed by atoms with Gasteiger partial charge in [-0.2, -0.15) is 0 Å². The number of aliphatic hydroxyl groups is 1. The van der Waals surface area contributed by atoms with E-state index in [1.165, 1.54) is 29.0 Å². The van der Waals surface area contributed by atoms with E-state index < -0.39 is 6.10 Å². The van der Waals surface area contributed by atoms with E-state index in [-0.39, 0.29) is 36.1 Å². The molecule has 2 atom stereocenters. The molecule has 0 spiro atoms. The lowest BCUT2D eigenvalue weighted by Crippen LogP contribution is -2.48. The highest BCUT2D eigenvalue weighted by Gasteiger charge is 2.25. The third-order valence-electron chi connectivity index (χ3n) is 7.42. The Labute approximate surface area is 239 Å². The smallest absolute Gasteiger partial charge is 0.123 e. The summed E-state index contributed by atoms with van der Waals surface area (Å²) in [6.07, 6.45) is -0.861. The zero-order valence-corrected chi connectivity index (χ0v) is 23.6. The number of hydrogen-bond acceptors (Lipinski definition) is 5. The summed E-state index contributed by atoms with van der Waals surface area (Å²) < 4.78 is 34.4. The van der Waals surface area contributed by atoms with E-state index in [9.17, 15) is 13.9 Å². The molecule has 0 aliphatic carbocycles. The highest BCUT2D eigenvalue weighted by atomic mass is 35.5. The Hall–Kier alpha value is -2.39. The van der Waals surface area contributed by atoms with Crippen LogP contribution in [-0.4, -0.2) is 60.8 Å². The fraction of sp³-hybridized carbons (Fsp3) is 0.355. The zero-order valence-electron chi connectivity index (χ0n) is 22.0. The van der Waals surface area contributed by atoms with Crippen molar-refractivity contribution < 1.29 is 18.6 Å². The van der Waals surface area contributed by atoms with E-state index in [0.29, 0.717) is 6.61 Å². The number of ether oxygens (including phenoxy) is 1. The van der Waals surface area contributed by atoms with Crippen molar-refractivity contribution in [3.63, 3.8) is 0 Å². The number of rotatable bonds is 10. The van der Waals surface area contributed by atoms with Crippen LogP contribution in [0.4, 0.5) is 8.78 Å². The third kappa shape index (κ3) is 7.42. The standard InChI is InChI=1S/C31H34F2N2O2S.ClH/c1-22(30(36)28-21-38-29-5-3-2-4-27(28)29)20-35-16-14-34(15-17-35)18-19-37-31(23-6-10-25(32)11-7-23)24-8-12-26(33)13-9-24;/h2-13,21-22,30-31,36H,14-20H2,1H3;1H. The maximum atomic E-state index is 13.5. The number of nitrogens with zero attached hydrogens (tertiary/aromatic N) is 2. The molecule has 8 heteroatoms. The van der Waals surface area contributed by atoms with Gasteiger partial charge in [0.15, 0.2) is 0 Å². The lowest BCUT2D eigenvalue weighted by molar-refractivity contribution is 0.0351. The van der Waals surface area contributed by atoms with Crippen molar-refractivity contribution in [1.29, 1.82) is 0 Å². The predicted molar refractivity (Wildman–Crippen MR) is 157 cm³/mol. The topological polar surface area (TPSA) is 35.9 Å². The lowest BCUT2D eigenvalue weighted by Gasteiger charge is -2.36. The fourth-order valence-electron chi connectivity index (χ4n) is 5.20. The minimum absolute atomic E-state index is 0. The molecule has 2 heterocycles. The molecule has 1 aliphatic rings. The number of benzene rings is 3. The Morgan fingerprint density at radius 2 is 1.41 bits per heavy atom. The molecule has 3 aromatic carbocycles. The Bertz CT molecular complexity index is 1260. The van der Waals surface area contributed by atoms with Crippen LogP contribution < -0.4 is 0 Å². The van der Waals surface area contributed by atoms with Gasteiger partial charge in [-0.05, 0) is 63.7 Å². The van der Waals surface area contributed by atoms with Crippen molar-refractivity contribution in [1.82, 2.24) is 9.80 Å². The van der Waals surface area contributed by atoms with Gasteiger partial charge in [0.2, 0.25) is 0 Å². The van der Waals surface area contributed by atoms with Gasteiger partial charge in [-0.1, -0.05) is 49.4 Å². The molecule has 1 aliphatic heterocycles. The Balaban J connectivity index is 0.00000353. The second kappa shape index (κ2) is 13.8. The van der Waals surface area contributed by atoms with Gasteiger partial charge < -0.3 is 14.7 Å². The maximum absolute atomic E-state index is 13.5. The minimum atomic E-state index is -0.479. The van der Waals surface area contributed by atoms with Crippen LogP contribution in [-0.2, 0) is 4.74 Å². The van der Waals surface area contributed by atoms with Crippen molar-refractivity contribution in [2.24, 2.45) is 5.92 Å². The molecule has 4 nitrogen and oxygen atoms in total. The van der Waals surface area contributed by atoms with Crippen molar-refractivity contribution in [2.45, 2.75) is 19.1 Å². The molecule has 4 aromatic rings. The first-order chi connectivity index (χ1) is 18.5. The molecule has 0 saturated carbocycles. The molecule has 208 valence electrons. The quantitative estimate of drug-likeness (QED) is 0.229. The maximum Gasteiger partial charge on any atom is 0.123 e. The second-order valence-electron chi connectivity index (χ2n) is 10.1. The van der Waals surface area contributed by atoms with Crippen LogP contribution in [0.5, 0.6) is 0 Å². The van der Waals surface area contributed by atoms with Gasteiger partial charge in [0.1, 0.15) is 17.7 Å². The van der Waals surface area contributed by atoms with E-state index in [0.717, 1.165) is 61.3 Å². The van der Waals surface area contributed by atoms with E-state index in [1.54, 1.807) is 35.6 Å². The number of hydrogen-bond donors (Lipinski definition) is 1. The van der Waals surface area contributed by atoms with Gasteiger partial charge in [0.05, 0.1) is 12.7 Å². The molecule has 1 N–H and O–H groups in total. The van der Waals surface area contributed by atoms with Crippen LogP contribution in [0.1, 0.15) is 35.8 Å². The average molecular weight is 573 g/mol. The Kier molecular flexibility index (Phi) is 10.5. The molecular formula is C31H35ClF2N2O2S. The molecule has 0 amide bonds. The van der Waals surface area contributed by atoms with Crippen LogP contribution in [0.3, 0.4) is 0 Å². The average Bonchev–Trinajstić information content (AvgIpc) is 3.37. The molecule has 1 aromatic heterocycles. The molecule has 2 unspecified atom stereocenters. The van der Waals surface area contributed by atoms with Crippen molar-refractivity contribution in [2.75, 3.05) is 45.9 Å². The van der Waals surface area contributed by atoms with Crippen LogP contribution >= 0.6 is 23.7 Å². The van der Waals surface area contributed by atoms with E-state index in [2.05, 4.69) is 34.2 Å². The van der Waals surface area contributed by atoms with E-state index in [4.69, 9.17) is 4.74 Å². The van der Waals surface area contributed by atoms with Crippen LogP contribution in [0.2, 0.25) is 0 Å². The molecule has 5 rings (SSSR count). The summed E-state index contributed by atoms with van der Waals surface area (Å²) in [6, 6.07) is 20.8. The highest BCUT2D eigenvalue weighted by Crippen LogP contribution is 2.34. The van der Waals surface area contributed by atoms with Crippen LogP contribution in [0, 0.1) is 17.6 Å². The van der Waals surface area contributed by atoms with Gasteiger partial charge in [-0.15, -0.1) is 23.7 Å². The summed E-state index contributed by atoms with van der Waals surface area (Å²) in [5.41, 5.74) is 2.72. The van der Waals surface area contributed by atoms with E-state index in [1.807, 2.05) is 12.1 Å². The summed E-state index contributed by atoms with van der Waals surface area (Å²) in [6.45, 7) is 8.04. The Morgan fingerprint density at radius 3 is 2.03 bits per heavy atom. The monoisotopic (exact) mass is 572 g/mol. The molecule has 39 heavy (non-hydrogen) atoms. The van der Waals surface area contributed by atoms with Gasteiger partial charge in [-0.25, -0.2) is 8.78 Å². The van der Waals surface area contributed by atoms with Crippen molar-refractivity contribution in [3.05, 3.63) is 107 Å². The first kappa shape index (κ1) is 29.6. The summed E-state index contributed by atoms with van der Waals surface area (Å²) in [5.74, 6) is -0.458. The number of piperazine rings is 1. The van der Waals surface area contributed by atoms with Gasteiger partial charge >= 0.3 is 0 Å². The number of halogens is 3. The normalized spacial score (nSPS) is 16.3. The first-order valence-corrected chi connectivity index (χ1v) is 14.1. The number of thiophene rings is 1. The zero-order chi connectivity index (χ0) is 26.5. The van der Waals surface area contributed by atoms with Crippen molar-refractivity contribution in [3.8, 4) is 0 Å². The second-order valence-corrected chi connectivity index (χ2v) is 11.0. The minimum Gasteiger partial charge on any atom is -0.388 e. The molecule has 0 radical (unpaired) electrons. The van der Waals surface area contributed by atoms with Crippen LogP contribution in [0.25, 0.3) is 10.1 Å². The number of aliphatic hydroxyl groups excluding tert-OH is 1. The summed E-state index contributed by atoms with van der Waals surface area (Å²) in [4.78, 5) is 4.82. The fourth-order valence-corrected chi connectivity index (χ4v) is 6.19.